The number of carbonyl (C=O) groups excluding carboxylic acids is 2. The number of aryl methyl sites for hydroxylation is 6. The van der Waals surface area contributed by atoms with E-state index in [1.54, 1.807) is 43.6 Å². The number of hydrogen-bond acceptors (Lipinski definition) is 23. The first-order valence-electron chi connectivity index (χ1n) is 43.9. The minimum absolute atomic E-state index is 0.0522. The van der Waals surface area contributed by atoms with Gasteiger partial charge in [0.25, 0.3) is 0 Å². The van der Waals surface area contributed by atoms with E-state index < -0.39 is 22.7 Å². The van der Waals surface area contributed by atoms with Gasteiger partial charge in [0.15, 0.2) is 17.5 Å². The number of piperidine rings is 2. The molecule has 6 aliphatic rings. The van der Waals surface area contributed by atoms with E-state index >= 15 is 13.2 Å². The molecule has 0 aliphatic carbocycles. The van der Waals surface area contributed by atoms with E-state index in [1.807, 2.05) is 111 Å². The summed E-state index contributed by atoms with van der Waals surface area (Å²) < 4.78 is 91.8. The van der Waals surface area contributed by atoms with Crippen molar-refractivity contribution < 1.29 is 51.2 Å². The molecule has 0 bridgehead atoms. The highest BCUT2D eigenvalue weighted by Gasteiger charge is 2.38. The van der Waals surface area contributed by atoms with Crippen LogP contribution >= 0.6 is 46.4 Å². The van der Waals surface area contributed by atoms with Crippen molar-refractivity contribution in [1.82, 2.24) is 78.8 Å². The van der Waals surface area contributed by atoms with Crippen molar-refractivity contribution in [1.29, 1.82) is 0 Å². The van der Waals surface area contributed by atoms with Crippen LogP contribution in [0.5, 0.6) is 18.0 Å². The fourth-order valence-corrected chi connectivity index (χ4v) is 19.3. The van der Waals surface area contributed by atoms with Gasteiger partial charge in [-0.25, -0.2) is 13.2 Å². The number of ether oxygens (including phenoxy) is 6. The van der Waals surface area contributed by atoms with Gasteiger partial charge in [-0.05, 0) is 166 Å². The maximum Gasteiger partial charge on any atom is 0.319 e. The highest BCUT2D eigenvalue weighted by atomic mass is 35.5. The van der Waals surface area contributed by atoms with Gasteiger partial charge in [-0.3, -0.25) is 23.6 Å². The molecule has 6 aromatic carbocycles. The molecule has 27 nitrogen and oxygen atoms in total. The van der Waals surface area contributed by atoms with Crippen LogP contribution in [0.4, 0.5) is 30.6 Å². The molecule has 6 aliphatic heterocycles. The monoisotopic (exact) mass is 1840 g/mol. The lowest BCUT2D eigenvalue weighted by Gasteiger charge is -2.44. The van der Waals surface area contributed by atoms with E-state index in [4.69, 9.17) is 89.8 Å². The molecule has 6 fully saturated rings. The second kappa shape index (κ2) is 39.9. The van der Waals surface area contributed by atoms with E-state index in [0.29, 0.717) is 123 Å². The standard InChI is InChI=1S/C32H37ClFN7O3.2C30H36ClFN6O2.C3H3ClO/c1-7-25(42)40-14-20(4)41(15-19(40)3)31-23-12-24(33)27(26-18(2)8-9-21-13-35-39(6)30(21)26)28(34)29(23)36-32(37-31)44-17-22-16-38(5)10-11-43-22;2*1-17-6-8-19(3)38(14-17)29-22-12-23(31)25(24-18(2)7-9-20-13-33-37(5)28(20)24)26(32)27(22)34-30(35-29)40-16-21-15-36(4)10-11-39-21;1-2-3(4)5/h7-9,12-13,19-20,22H,1,10-11,14-17H2,2-6H3;2*7,9,12-13,17,19,21H,6,8,10-11,14-16H2,1-5H3;2H,1H2/t19-,20+,22+;2*17-,19-,21-;/m100./s1. The first kappa shape index (κ1) is 93.6. The zero-order valence-corrected chi connectivity index (χ0v) is 78.8. The summed E-state index contributed by atoms with van der Waals surface area (Å²) in [6.07, 6.45) is 11.6. The van der Waals surface area contributed by atoms with Crippen molar-refractivity contribution in [2.45, 2.75) is 130 Å². The van der Waals surface area contributed by atoms with Gasteiger partial charge >= 0.3 is 18.0 Å². The zero-order valence-electron chi connectivity index (χ0n) is 75.7. The summed E-state index contributed by atoms with van der Waals surface area (Å²) >= 11 is 25.5. The van der Waals surface area contributed by atoms with E-state index in [1.165, 1.54) is 6.08 Å². The van der Waals surface area contributed by atoms with Crippen LogP contribution in [0.1, 0.15) is 83.9 Å². The molecule has 34 heteroatoms. The van der Waals surface area contributed by atoms with Crippen molar-refractivity contribution in [3.63, 3.8) is 0 Å². The summed E-state index contributed by atoms with van der Waals surface area (Å²) in [7, 11) is 11.7. The summed E-state index contributed by atoms with van der Waals surface area (Å²) in [5.74, 6) is 1.12. The van der Waals surface area contributed by atoms with Gasteiger partial charge < -0.3 is 62.7 Å². The molecule has 684 valence electrons. The van der Waals surface area contributed by atoms with Gasteiger partial charge in [-0.2, -0.15) is 45.2 Å². The van der Waals surface area contributed by atoms with Crippen LogP contribution in [0, 0.1) is 50.1 Å². The Morgan fingerprint density at radius 1 is 0.434 bits per heavy atom. The number of allylic oxidation sites excluding steroid dienone is 1. The average molecular weight is 1850 g/mol. The average Bonchev–Trinajstić information content (AvgIpc) is 1.68. The van der Waals surface area contributed by atoms with Crippen LogP contribution in [0.25, 0.3) is 98.8 Å². The Bertz CT molecular complexity index is 6010. The van der Waals surface area contributed by atoms with E-state index in [2.05, 4.69) is 115 Å². The highest BCUT2D eigenvalue weighted by molar-refractivity contribution is 6.66. The van der Waals surface area contributed by atoms with Gasteiger partial charge in [-0.15, -0.1) is 0 Å². The number of likely N-dealkylation sites (N-methyl/N-ethyl adjacent to an activating group) is 3. The number of amides is 1. The molecule has 0 saturated carbocycles. The second-order valence-electron chi connectivity index (χ2n) is 35.3. The zero-order chi connectivity index (χ0) is 91.8. The molecule has 12 aromatic rings. The molecule has 6 aromatic heterocycles. The SMILES string of the molecule is C=CC(=O)Cl.C=CC(=O)N1C[C@H](C)N(c2nc(OC[C@@H]3CN(C)CCO3)nc3c(F)c(-c4c(C)ccc5cnn(C)c45)c(Cl)cc23)C[C@H]1C.Cc1ccc2cnn(C)c2c1-c1c(Cl)cc2c(N3C[C@@H](C)CC[C@@H]3C)nc(OC[C@@H]3CN(C)CCO3)nc2c1F.Cc1ccc2cnn(C)c2c1-c1c(Cl)cc2c(N3C[C@@H](C)CC[C@@H]3C)nc(OC[C@@H]3CN(C)CCO3)nc2c1F. The van der Waals surface area contributed by atoms with Crippen LogP contribution in [0.2, 0.25) is 15.1 Å². The molecule has 1 amide bonds. The number of halogens is 7. The van der Waals surface area contributed by atoms with Gasteiger partial charge in [0, 0.05) is 176 Å². The first-order valence-corrected chi connectivity index (χ1v) is 45.4. The molecule has 129 heavy (non-hydrogen) atoms. The Kier molecular flexibility index (Phi) is 28.9. The van der Waals surface area contributed by atoms with Crippen LogP contribution in [0.15, 0.2) is 98.5 Å². The molecule has 0 spiro atoms. The number of piperazine rings is 1. The number of hydrogen-bond donors (Lipinski definition) is 0. The van der Waals surface area contributed by atoms with Crippen molar-refractivity contribution >= 4 is 140 Å². The third kappa shape index (κ3) is 19.8. The van der Waals surface area contributed by atoms with Gasteiger partial charge in [0.05, 0.1) is 70.0 Å². The summed E-state index contributed by atoms with van der Waals surface area (Å²) in [4.78, 5) is 65.4. The lowest BCUT2D eigenvalue weighted by atomic mass is 9.94. The normalized spacial score (nSPS) is 21.4. The minimum Gasteiger partial charge on any atom is -0.461 e. The fraction of sp³-hybridized carbons (Fsp3) is 0.463. The predicted octanol–water partition coefficient (Wildman–Crippen LogP) is 16.8. The summed E-state index contributed by atoms with van der Waals surface area (Å²) in [5.41, 5.74) is 8.55. The number of fused-ring (bicyclic) bond motifs is 6. The molecule has 0 unspecified atom stereocenters. The molecule has 12 heterocycles. The summed E-state index contributed by atoms with van der Waals surface area (Å²) in [5, 5.41) is 17.9. The first-order chi connectivity index (χ1) is 61.7. The second-order valence-corrected chi connectivity index (χ2v) is 36.9. The number of rotatable bonds is 17. The summed E-state index contributed by atoms with van der Waals surface area (Å²) in [6, 6.07) is 17.7. The summed E-state index contributed by atoms with van der Waals surface area (Å²) in [6.45, 7) is 35.5. The molecule has 9 atom stereocenters. The van der Waals surface area contributed by atoms with Gasteiger partial charge in [-0.1, -0.05) is 98.2 Å². The minimum atomic E-state index is -0.562. The predicted molar refractivity (Wildman–Crippen MR) is 505 cm³/mol. The van der Waals surface area contributed by atoms with Crippen molar-refractivity contribution in [3.8, 4) is 51.4 Å². The maximum absolute atomic E-state index is 16.9. The van der Waals surface area contributed by atoms with Gasteiger partial charge in [0.2, 0.25) is 11.1 Å². The lowest BCUT2D eigenvalue weighted by Crippen LogP contribution is -2.58. The number of nitrogens with zero attached hydrogens (tertiary/aromatic N) is 19. The smallest absolute Gasteiger partial charge is 0.319 e. The Morgan fingerprint density at radius 2 is 0.752 bits per heavy atom. The molecule has 0 radical (unpaired) electrons. The van der Waals surface area contributed by atoms with Crippen molar-refractivity contribution in [2.75, 3.05) is 141 Å². The Balaban J connectivity index is 0.000000145. The van der Waals surface area contributed by atoms with E-state index in [-0.39, 0.29) is 113 Å². The quantitative estimate of drug-likeness (QED) is 0.0607. The Hall–Kier alpha value is -10.1. The molecular weight excluding hydrogens is 1730 g/mol. The van der Waals surface area contributed by atoms with E-state index in [0.717, 1.165) is 127 Å². The van der Waals surface area contributed by atoms with Crippen molar-refractivity contribution in [3.05, 3.63) is 148 Å². The molecule has 18 rings (SSSR count). The lowest BCUT2D eigenvalue weighted by molar-refractivity contribution is -0.128. The molecule has 6 saturated heterocycles. The third-order valence-corrected chi connectivity index (χ3v) is 26.5. The Morgan fingerprint density at radius 3 is 1.05 bits per heavy atom. The van der Waals surface area contributed by atoms with Crippen LogP contribution in [-0.4, -0.2) is 259 Å². The number of carbonyl (C=O) groups is 2. The Labute approximate surface area is 769 Å². The number of benzene rings is 6. The topological polar surface area (TPSA) is 243 Å². The fourth-order valence-electron chi connectivity index (χ4n) is 18.5. The largest absolute Gasteiger partial charge is 0.461 e. The van der Waals surface area contributed by atoms with Gasteiger partial charge in [0.1, 0.15) is 72.1 Å². The van der Waals surface area contributed by atoms with Crippen LogP contribution in [0.3, 0.4) is 0 Å². The maximum atomic E-state index is 16.9. The number of aromatic nitrogens is 12. The van der Waals surface area contributed by atoms with Crippen molar-refractivity contribution in [2.24, 2.45) is 33.0 Å². The van der Waals surface area contributed by atoms with Crippen LogP contribution in [-0.2, 0) is 44.9 Å². The number of morpholine rings is 3. The molecule has 0 N–H and O–H groups in total. The highest BCUT2D eigenvalue weighted by Crippen LogP contribution is 2.48. The molecular formula is C95H112Cl4F3N19O8. The third-order valence-electron chi connectivity index (χ3n) is 25.5. The van der Waals surface area contributed by atoms with E-state index in [9.17, 15) is 9.59 Å². The number of anilines is 3. The van der Waals surface area contributed by atoms with Crippen LogP contribution < -0.4 is 28.9 Å².